The molecule has 7 heteroatoms. The zero-order chi connectivity index (χ0) is 20.3. The number of H-pyrrole nitrogens is 1. The minimum Gasteiger partial charge on any atom is -0.439 e. The van der Waals surface area contributed by atoms with E-state index >= 15 is 0 Å². The fraction of sp³-hybridized carbons (Fsp3) is 0.0870. The topological polar surface area (TPSA) is 89.1 Å². The number of anilines is 1. The molecule has 0 saturated carbocycles. The maximum absolute atomic E-state index is 12.6. The van der Waals surface area contributed by atoms with E-state index in [2.05, 4.69) is 20.3 Å². The highest BCUT2D eigenvalue weighted by molar-refractivity contribution is 6.02. The molecule has 5 rings (SSSR count). The lowest BCUT2D eigenvalue weighted by Gasteiger charge is -2.06. The van der Waals surface area contributed by atoms with Gasteiger partial charge in [0.25, 0.3) is 5.91 Å². The molecule has 1 aliphatic heterocycles. The Labute approximate surface area is 172 Å². The van der Waals surface area contributed by atoms with Crippen molar-refractivity contribution in [2.75, 3.05) is 5.32 Å². The van der Waals surface area contributed by atoms with Crippen molar-refractivity contribution in [1.82, 2.24) is 15.0 Å². The predicted octanol–water partition coefficient (Wildman–Crippen LogP) is 4.55. The van der Waals surface area contributed by atoms with Crippen molar-refractivity contribution in [3.63, 3.8) is 0 Å². The van der Waals surface area contributed by atoms with E-state index < -0.39 is 0 Å². The summed E-state index contributed by atoms with van der Waals surface area (Å²) in [6.45, 7) is 1.19. The molecule has 0 unspecified atom stereocenters. The molecule has 1 aliphatic rings. The molecule has 0 aliphatic carbocycles. The summed E-state index contributed by atoms with van der Waals surface area (Å²) in [5.41, 5.74) is 4.53. The minimum atomic E-state index is -0.305. The lowest BCUT2D eigenvalue weighted by Crippen LogP contribution is -2.13. The van der Waals surface area contributed by atoms with Crippen LogP contribution < -0.4 is 10.1 Å². The molecule has 30 heavy (non-hydrogen) atoms. The van der Waals surface area contributed by atoms with Crippen LogP contribution in [0.4, 0.5) is 5.69 Å². The van der Waals surface area contributed by atoms with Crippen molar-refractivity contribution in [3.8, 4) is 22.9 Å². The summed E-state index contributed by atoms with van der Waals surface area (Å²) in [6.07, 6.45) is 3.30. The second-order valence-electron chi connectivity index (χ2n) is 6.87. The summed E-state index contributed by atoms with van der Waals surface area (Å²) in [5.74, 6) is 1.09. The number of hydrogen-bond acceptors (Lipinski definition) is 5. The Morgan fingerprint density at radius 3 is 2.83 bits per heavy atom. The average Bonchev–Trinajstić information content (AvgIpc) is 3.44. The molecule has 0 fully saturated rings. The Morgan fingerprint density at radius 2 is 1.93 bits per heavy atom. The van der Waals surface area contributed by atoms with E-state index in [9.17, 15) is 4.79 Å². The average molecular weight is 398 g/mol. The first-order valence-electron chi connectivity index (χ1n) is 9.50. The Bertz CT molecular complexity index is 1200. The van der Waals surface area contributed by atoms with Crippen LogP contribution in [0.1, 0.15) is 21.7 Å². The van der Waals surface area contributed by atoms with E-state index in [1.165, 1.54) is 0 Å². The normalized spacial score (nSPS) is 12.4. The van der Waals surface area contributed by atoms with Crippen LogP contribution in [-0.4, -0.2) is 20.9 Å². The van der Waals surface area contributed by atoms with Gasteiger partial charge in [0.1, 0.15) is 5.75 Å². The van der Waals surface area contributed by atoms with Gasteiger partial charge in [-0.2, -0.15) is 0 Å². The third kappa shape index (κ3) is 3.78. The quantitative estimate of drug-likeness (QED) is 0.515. The Kier molecular flexibility index (Phi) is 4.71. The molecule has 2 aromatic carbocycles. The molecule has 148 valence electrons. The smallest absolute Gasteiger partial charge is 0.291 e. The van der Waals surface area contributed by atoms with E-state index in [0.29, 0.717) is 36.2 Å². The van der Waals surface area contributed by atoms with Crippen LogP contribution in [0.25, 0.3) is 11.3 Å². The number of rotatable bonds is 5. The largest absolute Gasteiger partial charge is 0.439 e. The maximum Gasteiger partial charge on any atom is 0.291 e. The number of nitrogens with zero attached hydrogens (tertiary/aromatic N) is 2. The number of aromatic nitrogens is 3. The van der Waals surface area contributed by atoms with Gasteiger partial charge in [0.2, 0.25) is 5.88 Å². The van der Waals surface area contributed by atoms with Crippen LogP contribution >= 0.6 is 0 Å². The number of imidazole rings is 1. The summed E-state index contributed by atoms with van der Waals surface area (Å²) >= 11 is 0. The number of pyridine rings is 1. The number of aromatic amines is 1. The van der Waals surface area contributed by atoms with E-state index in [-0.39, 0.29) is 11.7 Å². The number of amides is 1. The zero-order valence-electron chi connectivity index (χ0n) is 16.0. The maximum atomic E-state index is 12.6. The molecular formula is C23H18N4O3. The van der Waals surface area contributed by atoms with Gasteiger partial charge in [-0.15, -0.1) is 0 Å². The van der Waals surface area contributed by atoms with Crippen molar-refractivity contribution in [2.45, 2.75) is 13.2 Å². The fourth-order valence-corrected chi connectivity index (χ4v) is 3.28. The van der Waals surface area contributed by atoms with Crippen molar-refractivity contribution in [1.29, 1.82) is 0 Å². The molecule has 0 atom stereocenters. The minimum absolute atomic E-state index is 0.234. The first kappa shape index (κ1) is 18.1. The molecule has 7 nitrogen and oxygen atoms in total. The lowest BCUT2D eigenvalue weighted by molar-refractivity contribution is 0.101. The van der Waals surface area contributed by atoms with Crippen LogP contribution in [0.15, 0.2) is 73.1 Å². The SMILES string of the molecule is O=C(Nc1ccc2c(c1)COC2)c1ncc(-c2cccc(Oc3ccccn3)c2)[nH]1. The van der Waals surface area contributed by atoms with Gasteiger partial charge < -0.3 is 19.8 Å². The van der Waals surface area contributed by atoms with E-state index in [1.54, 1.807) is 18.5 Å². The number of hydrogen-bond donors (Lipinski definition) is 2. The molecule has 2 aromatic heterocycles. The van der Waals surface area contributed by atoms with Crippen LogP contribution in [0.5, 0.6) is 11.6 Å². The highest BCUT2D eigenvalue weighted by atomic mass is 16.5. The summed E-state index contributed by atoms with van der Waals surface area (Å²) in [4.78, 5) is 24.1. The van der Waals surface area contributed by atoms with E-state index in [1.807, 2.05) is 54.6 Å². The summed E-state index contributed by atoms with van der Waals surface area (Å²) in [6, 6.07) is 18.8. The fourth-order valence-electron chi connectivity index (χ4n) is 3.28. The molecular weight excluding hydrogens is 380 g/mol. The zero-order valence-corrected chi connectivity index (χ0v) is 16.0. The van der Waals surface area contributed by atoms with Crippen LogP contribution in [0.2, 0.25) is 0 Å². The van der Waals surface area contributed by atoms with Gasteiger partial charge in [-0.3, -0.25) is 4.79 Å². The molecule has 1 amide bonds. The molecule has 4 aromatic rings. The highest BCUT2D eigenvalue weighted by Gasteiger charge is 2.15. The van der Waals surface area contributed by atoms with Gasteiger partial charge in [0.05, 0.1) is 25.1 Å². The van der Waals surface area contributed by atoms with Crippen molar-refractivity contribution in [3.05, 3.63) is 90.0 Å². The third-order valence-electron chi connectivity index (χ3n) is 4.78. The van der Waals surface area contributed by atoms with Gasteiger partial charge in [-0.25, -0.2) is 9.97 Å². The standard InChI is InChI=1S/C23H18N4O3/c28-23(26-18-8-7-16-13-29-14-17(16)10-18)22-25-12-20(27-22)15-4-3-5-19(11-15)30-21-6-1-2-9-24-21/h1-12H,13-14H2,(H,25,27)(H,26,28). The van der Waals surface area contributed by atoms with Crippen molar-refractivity contribution >= 4 is 11.6 Å². The Balaban J connectivity index is 1.31. The number of carbonyl (C=O) groups excluding carboxylic acids is 1. The van der Waals surface area contributed by atoms with Crippen LogP contribution in [0, 0.1) is 0 Å². The second-order valence-corrected chi connectivity index (χ2v) is 6.87. The van der Waals surface area contributed by atoms with Crippen molar-refractivity contribution < 1.29 is 14.3 Å². The number of nitrogens with one attached hydrogen (secondary N) is 2. The van der Waals surface area contributed by atoms with Crippen LogP contribution in [-0.2, 0) is 18.0 Å². The van der Waals surface area contributed by atoms with Crippen molar-refractivity contribution in [2.24, 2.45) is 0 Å². The highest BCUT2D eigenvalue weighted by Crippen LogP contribution is 2.26. The number of ether oxygens (including phenoxy) is 2. The van der Waals surface area contributed by atoms with E-state index in [4.69, 9.17) is 9.47 Å². The van der Waals surface area contributed by atoms with E-state index in [0.717, 1.165) is 16.7 Å². The molecule has 2 N–H and O–H groups in total. The van der Waals surface area contributed by atoms with Gasteiger partial charge in [0.15, 0.2) is 5.82 Å². The molecule has 0 saturated heterocycles. The monoisotopic (exact) mass is 398 g/mol. The Hall–Kier alpha value is -3.97. The summed E-state index contributed by atoms with van der Waals surface area (Å²) in [7, 11) is 0. The first-order valence-corrected chi connectivity index (χ1v) is 9.50. The van der Waals surface area contributed by atoms with Crippen LogP contribution in [0.3, 0.4) is 0 Å². The number of fused-ring (bicyclic) bond motifs is 1. The van der Waals surface area contributed by atoms with Gasteiger partial charge in [-0.1, -0.05) is 24.3 Å². The lowest BCUT2D eigenvalue weighted by atomic mass is 10.1. The molecule has 0 radical (unpaired) electrons. The molecule has 0 bridgehead atoms. The molecule has 3 heterocycles. The van der Waals surface area contributed by atoms with Gasteiger partial charge in [-0.05, 0) is 41.5 Å². The third-order valence-corrected chi connectivity index (χ3v) is 4.78. The second kappa shape index (κ2) is 7.81. The predicted molar refractivity (Wildman–Crippen MR) is 111 cm³/mol. The van der Waals surface area contributed by atoms with Gasteiger partial charge in [0, 0.05) is 23.5 Å². The summed E-state index contributed by atoms with van der Waals surface area (Å²) in [5, 5.41) is 2.88. The molecule has 0 spiro atoms. The number of carbonyl (C=O) groups is 1. The number of benzene rings is 2. The summed E-state index contributed by atoms with van der Waals surface area (Å²) < 4.78 is 11.2. The Morgan fingerprint density at radius 1 is 1.00 bits per heavy atom. The first-order chi connectivity index (χ1) is 14.7. The van der Waals surface area contributed by atoms with Gasteiger partial charge >= 0.3 is 0 Å².